The summed E-state index contributed by atoms with van der Waals surface area (Å²) in [6.07, 6.45) is 3.67. The molecule has 2 fully saturated rings. The average molecular weight is 359 g/mol. The van der Waals surface area contributed by atoms with E-state index in [4.69, 9.17) is 0 Å². The Morgan fingerprint density at radius 3 is 2.85 bits per heavy atom. The van der Waals surface area contributed by atoms with Gasteiger partial charge in [-0.15, -0.1) is 0 Å². The van der Waals surface area contributed by atoms with Crippen molar-refractivity contribution >= 4 is 22.6 Å². The summed E-state index contributed by atoms with van der Waals surface area (Å²) in [6.45, 7) is 5.94. The molecule has 3 heterocycles. The number of aromatic carboxylic acids is 1. The first-order valence-corrected chi connectivity index (χ1v) is 9.08. The summed E-state index contributed by atoms with van der Waals surface area (Å²) in [5, 5.41) is 9.36. The highest BCUT2D eigenvalue weighted by atomic mass is 19.1. The Morgan fingerprint density at radius 1 is 1.31 bits per heavy atom. The maximum Gasteiger partial charge on any atom is 0.341 e. The molecule has 0 spiro atoms. The molecule has 1 N–H and O–H groups in total. The molecule has 0 aliphatic carbocycles. The molecule has 2 saturated heterocycles. The number of anilines is 1. The van der Waals surface area contributed by atoms with Gasteiger partial charge in [0.2, 0.25) is 5.43 Å². The van der Waals surface area contributed by atoms with Gasteiger partial charge in [-0.2, -0.15) is 0 Å². The Bertz CT molecular complexity index is 940. The second-order valence-electron chi connectivity index (χ2n) is 7.06. The fraction of sp³-hybridized carbons (Fsp3) is 0.474. The summed E-state index contributed by atoms with van der Waals surface area (Å²) < 4.78 is 16.5. The molecule has 2 aliphatic rings. The molecule has 6 nitrogen and oxygen atoms in total. The zero-order valence-electron chi connectivity index (χ0n) is 14.7. The van der Waals surface area contributed by atoms with Crippen molar-refractivity contribution in [3.63, 3.8) is 0 Å². The molecule has 26 heavy (non-hydrogen) atoms. The molecule has 0 radical (unpaired) electrons. The monoisotopic (exact) mass is 359 g/mol. The number of carbonyl (C=O) groups is 1. The lowest BCUT2D eigenvalue weighted by Gasteiger charge is -2.39. The van der Waals surface area contributed by atoms with Crippen molar-refractivity contribution in [3.05, 3.63) is 39.9 Å². The lowest BCUT2D eigenvalue weighted by Crippen LogP contribution is -2.50. The van der Waals surface area contributed by atoms with E-state index in [2.05, 4.69) is 9.80 Å². The molecule has 0 bridgehead atoms. The molecule has 4 rings (SSSR count). The largest absolute Gasteiger partial charge is 0.477 e. The summed E-state index contributed by atoms with van der Waals surface area (Å²) in [7, 11) is 0. The number of pyridine rings is 1. The van der Waals surface area contributed by atoms with E-state index < -0.39 is 17.2 Å². The third-order valence-electron chi connectivity index (χ3n) is 5.65. The number of hydrogen-bond acceptors (Lipinski definition) is 4. The Kier molecular flexibility index (Phi) is 4.19. The van der Waals surface area contributed by atoms with E-state index in [1.165, 1.54) is 18.7 Å². The van der Waals surface area contributed by atoms with Crippen LogP contribution in [0.1, 0.15) is 30.1 Å². The number of fused-ring (bicyclic) bond motifs is 2. The third kappa shape index (κ3) is 2.67. The van der Waals surface area contributed by atoms with E-state index in [0.717, 1.165) is 32.6 Å². The molecule has 1 aromatic heterocycles. The SMILES string of the molecule is CCn1cc(C(=O)O)c(=O)c2cc(F)c(N3CCN4CCCC4C3)cc21. The van der Waals surface area contributed by atoms with Gasteiger partial charge in [-0.05, 0) is 38.4 Å². The van der Waals surface area contributed by atoms with Gasteiger partial charge in [-0.3, -0.25) is 9.69 Å². The minimum Gasteiger partial charge on any atom is -0.477 e. The van der Waals surface area contributed by atoms with Gasteiger partial charge in [-0.25, -0.2) is 9.18 Å². The van der Waals surface area contributed by atoms with Crippen LogP contribution >= 0.6 is 0 Å². The number of aromatic nitrogens is 1. The number of benzene rings is 1. The van der Waals surface area contributed by atoms with Crippen molar-refractivity contribution in [2.24, 2.45) is 0 Å². The molecule has 1 unspecified atom stereocenters. The van der Waals surface area contributed by atoms with Crippen molar-refractivity contribution in [1.29, 1.82) is 0 Å². The van der Waals surface area contributed by atoms with Gasteiger partial charge in [-0.1, -0.05) is 0 Å². The number of halogens is 1. The van der Waals surface area contributed by atoms with Crippen LogP contribution < -0.4 is 10.3 Å². The molecule has 0 amide bonds. The zero-order valence-corrected chi connectivity index (χ0v) is 14.7. The first-order valence-electron chi connectivity index (χ1n) is 9.08. The number of rotatable bonds is 3. The Labute approximate surface area is 150 Å². The summed E-state index contributed by atoms with van der Waals surface area (Å²) in [5.74, 6) is -1.76. The fourth-order valence-corrected chi connectivity index (χ4v) is 4.27. The van der Waals surface area contributed by atoms with Crippen molar-refractivity contribution in [1.82, 2.24) is 9.47 Å². The van der Waals surface area contributed by atoms with E-state index in [1.54, 1.807) is 10.6 Å². The molecule has 0 saturated carbocycles. The zero-order chi connectivity index (χ0) is 18.4. The second-order valence-corrected chi connectivity index (χ2v) is 7.06. The molecular weight excluding hydrogens is 337 g/mol. The highest BCUT2D eigenvalue weighted by Crippen LogP contribution is 2.29. The number of hydrogen-bond donors (Lipinski definition) is 1. The van der Waals surface area contributed by atoms with E-state index in [-0.39, 0.29) is 10.9 Å². The van der Waals surface area contributed by atoms with E-state index in [9.17, 15) is 19.1 Å². The van der Waals surface area contributed by atoms with Crippen LogP contribution in [-0.4, -0.2) is 52.8 Å². The van der Waals surface area contributed by atoms with Crippen LogP contribution in [0.5, 0.6) is 0 Å². The number of carboxylic acid groups (broad SMARTS) is 1. The maximum absolute atomic E-state index is 14.8. The van der Waals surface area contributed by atoms with Crippen molar-refractivity contribution in [2.75, 3.05) is 31.1 Å². The number of carboxylic acids is 1. The first kappa shape index (κ1) is 17.0. The van der Waals surface area contributed by atoms with Crippen molar-refractivity contribution in [2.45, 2.75) is 32.4 Å². The predicted octanol–water partition coefficient (Wildman–Crippen LogP) is 2.14. The summed E-state index contributed by atoms with van der Waals surface area (Å²) in [6, 6.07) is 3.36. The quantitative estimate of drug-likeness (QED) is 0.910. The smallest absolute Gasteiger partial charge is 0.341 e. The van der Waals surface area contributed by atoms with Gasteiger partial charge in [0.1, 0.15) is 11.4 Å². The van der Waals surface area contributed by atoms with Crippen LogP contribution in [0.15, 0.2) is 23.1 Å². The molecule has 138 valence electrons. The van der Waals surface area contributed by atoms with Gasteiger partial charge in [0, 0.05) is 43.8 Å². The van der Waals surface area contributed by atoms with Gasteiger partial charge in [0.05, 0.1) is 11.2 Å². The van der Waals surface area contributed by atoms with E-state index in [1.807, 2.05) is 6.92 Å². The second kappa shape index (κ2) is 6.39. The molecular formula is C19H22FN3O3. The van der Waals surface area contributed by atoms with Crippen molar-refractivity contribution < 1.29 is 14.3 Å². The van der Waals surface area contributed by atoms with Crippen LogP contribution in [0, 0.1) is 5.82 Å². The Balaban J connectivity index is 1.82. The lowest BCUT2D eigenvalue weighted by molar-refractivity contribution is 0.0695. The Morgan fingerprint density at radius 2 is 2.12 bits per heavy atom. The minimum atomic E-state index is -1.29. The van der Waals surface area contributed by atoms with Gasteiger partial charge in [0.25, 0.3) is 0 Å². The maximum atomic E-state index is 14.8. The number of nitrogens with zero attached hydrogens (tertiary/aromatic N) is 3. The summed E-state index contributed by atoms with van der Waals surface area (Å²) >= 11 is 0. The van der Waals surface area contributed by atoms with Crippen LogP contribution in [-0.2, 0) is 6.54 Å². The molecule has 2 aromatic rings. The molecule has 1 aromatic carbocycles. The van der Waals surface area contributed by atoms with Gasteiger partial charge >= 0.3 is 5.97 Å². The predicted molar refractivity (Wildman–Crippen MR) is 97.6 cm³/mol. The van der Waals surface area contributed by atoms with Crippen LogP contribution in [0.2, 0.25) is 0 Å². The highest BCUT2D eigenvalue weighted by Gasteiger charge is 2.31. The van der Waals surface area contributed by atoms with Crippen LogP contribution in [0.3, 0.4) is 0 Å². The van der Waals surface area contributed by atoms with Crippen LogP contribution in [0.4, 0.5) is 10.1 Å². The fourth-order valence-electron chi connectivity index (χ4n) is 4.27. The Hall–Kier alpha value is -2.41. The number of piperazine rings is 1. The van der Waals surface area contributed by atoms with Gasteiger partial charge in [0.15, 0.2) is 0 Å². The van der Waals surface area contributed by atoms with E-state index in [0.29, 0.717) is 23.8 Å². The van der Waals surface area contributed by atoms with Crippen LogP contribution in [0.25, 0.3) is 10.9 Å². The summed E-state index contributed by atoms with van der Waals surface area (Å²) in [4.78, 5) is 28.3. The van der Waals surface area contributed by atoms with Gasteiger partial charge < -0.3 is 14.6 Å². The standard InChI is InChI=1S/C19H22FN3O3/c1-2-21-11-14(19(25)26)18(24)13-8-15(20)17(9-16(13)21)23-7-6-22-5-3-4-12(22)10-23/h8-9,11-12H,2-7,10H2,1H3,(H,25,26). The van der Waals surface area contributed by atoms with Crippen molar-refractivity contribution in [3.8, 4) is 0 Å². The topological polar surface area (TPSA) is 65.8 Å². The number of aryl methyl sites for hydroxylation is 1. The molecule has 2 aliphatic heterocycles. The normalized spacial score (nSPS) is 20.5. The third-order valence-corrected chi connectivity index (χ3v) is 5.65. The average Bonchev–Trinajstić information content (AvgIpc) is 3.09. The first-order chi connectivity index (χ1) is 12.5. The molecule has 7 heteroatoms. The van der Waals surface area contributed by atoms with E-state index >= 15 is 0 Å². The molecule has 1 atom stereocenters. The highest BCUT2D eigenvalue weighted by molar-refractivity contribution is 5.93. The minimum absolute atomic E-state index is 0.118. The lowest BCUT2D eigenvalue weighted by atomic mass is 10.1. The summed E-state index contributed by atoms with van der Waals surface area (Å²) in [5.41, 5.74) is 0.107.